The highest BCUT2D eigenvalue weighted by molar-refractivity contribution is 7.80. The van der Waals surface area contributed by atoms with Gasteiger partial charge in [0.15, 0.2) is 5.05 Å². The summed E-state index contributed by atoms with van der Waals surface area (Å²) in [5.74, 6) is 0. The van der Waals surface area contributed by atoms with Crippen molar-refractivity contribution in [3.63, 3.8) is 0 Å². The average Bonchev–Trinajstić information content (AvgIpc) is 1.65. The van der Waals surface area contributed by atoms with Crippen molar-refractivity contribution in [3.8, 4) is 0 Å². The summed E-state index contributed by atoms with van der Waals surface area (Å²) in [4.78, 5) is 0. The molecule has 1 atom stereocenters. The standard InChI is InChI=1S/C5H9ClOS/c1-4(6)3-5(8)7-2/h4H,3H2,1-2H3. The molecule has 8 heavy (non-hydrogen) atoms. The highest BCUT2D eigenvalue weighted by Gasteiger charge is 1.99. The molecule has 3 heteroatoms. The van der Waals surface area contributed by atoms with E-state index in [1.54, 1.807) is 7.11 Å². The topological polar surface area (TPSA) is 9.23 Å². The number of alkyl halides is 1. The summed E-state index contributed by atoms with van der Waals surface area (Å²) in [5, 5.41) is 0.662. The van der Waals surface area contributed by atoms with Crippen LogP contribution in [0.2, 0.25) is 0 Å². The number of hydrogen-bond donors (Lipinski definition) is 0. The summed E-state index contributed by atoms with van der Waals surface area (Å²) in [6, 6.07) is 0. The zero-order chi connectivity index (χ0) is 6.57. The number of methoxy groups -OCH3 is 1. The second kappa shape index (κ2) is 4.10. The minimum atomic E-state index is 0.0856. The Morgan fingerprint density at radius 3 is 2.50 bits per heavy atom. The maximum Gasteiger partial charge on any atom is 0.160 e. The lowest BCUT2D eigenvalue weighted by molar-refractivity contribution is 0.402. The average molecular weight is 153 g/mol. The van der Waals surface area contributed by atoms with Gasteiger partial charge in [0.1, 0.15) is 0 Å². The Hall–Kier alpha value is 0.180. The SMILES string of the molecule is COC(=S)CC(C)Cl. The first-order valence-corrected chi connectivity index (χ1v) is 3.22. The lowest BCUT2D eigenvalue weighted by Gasteiger charge is -2.01. The molecule has 0 N–H and O–H groups in total. The van der Waals surface area contributed by atoms with Crippen LogP contribution in [0.15, 0.2) is 0 Å². The van der Waals surface area contributed by atoms with Gasteiger partial charge in [-0.25, -0.2) is 0 Å². The fraction of sp³-hybridized carbons (Fsp3) is 0.800. The molecule has 0 saturated carbocycles. The van der Waals surface area contributed by atoms with E-state index in [2.05, 4.69) is 0 Å². The van der Waals surface area contributed by atoms with E-state index in [0.29, 0.717) is 11.5 Å². The highest BCUT2D eigenvalue weighted by atomic mass is 35.5. The van der Waals surface area contributed by atoms with Crippen LogP contribution in [0.25, 0.3) is 0 Å². The minimum Gasteiger partial charge on any atom is -0.490 e. The molecule has 0 fully saturated rings. The fourth-order valence-corrected chi connectivity index (χ4v) is 0.795. The minimum absolute atomic E-state index is 0.0856. The first kappa shape index (κ1) is 8.18. The van der Waals surface area contributed by atoms with Crippen molar-refractivity contribution >= 4 is 28.9 Å². The molecule has 0 heterocycles. The molecular weight excluding hydrogens is 144 g/mol. The van der Waals surface area contributed by atoms with Crippen LogP contribution < -0.4 is 0 Å². The van der Waals surface area contributed by atoms with Gasteiger partial charge in [-0.15, -0.1) is 11.6 Å². The van der Waals surface area contributed by atoms with Crippen molar-refractivity contribution in [2.24, 2.45) is 0 Å². The molecule has 0 spiro atoms. The number of halogens is 1. The highest BCUT2D eigenvalue weighted by Crippen LogP contribution is 2.01. The Bertz CT molecular complexity index is 82.5. The van der Waals surface area contributed by atoms with Crippen LogP contribution in [0.1, 0.15) is 13.3 Å². The van der Waals surface area contributed by atoms with Crippen molar-refractivity contribution in [3.05, 3.63) is 0 Å². The lowest BCUT2D eigenvalue weighted by atomic mass is 10.3. The van der Waals surface area contributed by atoms with Gasteiger partial charge in [0.2, 0.25) is 0 Å². The van der Waals surface area contributed by atoms with Gasteiger partial charge < -0.3 is 4.74 Å². The Morgan fingerprint density at radius 1 is 1.88 bits per heavy atom. The molecule has 0 aliphatic heterocycles. The third-order valence-corrected chi connectivity index (χ3v) is 1.16. The Morgan fingerprint density at radius 2 is 2.38 bits per heavy atom. The summed E-state index contributed by atoms with van der Waals surface area (Å²) in [7, 11) is 1.56. The van der Waals surface area contributed by atoms with Crippen molar-refractivity contribution < 1.29 is 4.74 Å². The van der Waals surface area contributed by atoms with Gasteiger partial charge in [-0.2, -0.15) is 0 Å². The first-order valence-electron chi connectivity index (χ1n) is 2.37. The number of ether oxygens (including phenoxy) is 1. The molecule has 0 aliphatic rings. The van der Waals surface area contributed by atoms with Crippen LogP contribution in [0.3, 0.4) is 0 Å². The normalized spacial score (nSPS) is 12.9. The quantitative estimate of drug-likeness (QED) is 0.442. The van der Waals surface area contributed by atoms with Gasteiger partial charge in [-0.3, -0.25) is 0 Å². The van der Waals surface area contributed by atoms with E-state index in [9.17, 15) is 0 Å². The molecule has 48 valence electrons. The maximum absolute atomic E-state index is 5.58. The zero-order valence-electron chi connectivity index (χ0n) is 4.98. The third kappa shape index (κ3) is 4.34. The van der Waals surface area contributed by atoms with Crippen LogP contribution in [0.5, 0.6) is 0 Å². The molecule has 0 aromatic rings. The van der Waals surface area contributed by atoms with Gasteiger partial charge in [-0.1, -0.05) is 0 Å². The summed E-state index contributed by atoms with van der Waals surface area (Å²) < 4.78 is 4.71. The van der Waals surface area contributed by atoms with Gasteiger partial charge in [0, 0.05) is 11.8 Å². The maximum atomic E-state index is 5.58. The van der Waals surface area contributed by atoms with Gasteiger partial charge >= 0.3 is 0 Å². The van der Waals surface area contributed by atoms with E-state index >= 15 is 0 Å². The second-order valence-corrected chi connectivity index (χ2v) is 2.76. The van der Waals surface area contributed by atoms with Crippen molar-refractivity contribution in [2.45, 2.75) is 18.7 Å². The van der Waals surface area contributed by atoms with Gasteiger partial charge in [0.25, 0.3) is 0 Å². The molecule has 0 aromatic carbocycles. The van der Waals surface area contributed by atoms with E-state index in [-0.39, 0.29) is 5.38 Å². The predicted molar refractivity (Wildman–Crippen MR) is 39.5 cm³/mol. The molecule has 0 bridgehead atoms. The van der Waals surface area contributed by atoms with Crippen molar-refractivity contribution in [1.82, 2.24) is 0 Å². The fourth-order valence-electron chi connectivity index (χ4n) is 0.313. The van der Waals surface area contributed by atoms with E-state index in [1.807, 2.05) is 6.92 Å². The van der Waals surface area contributed by atoms with E-state index in [0.717, 1.165) is 0 Å². The molecule has 0 rings (SSSR count). The Balaban J connectivity index is 3.25. The summed E-state index contributed by atoms with van der Waals surface area (Å²) in [6.45, 7) is 1.88. The lowest BCUT2D eigenvalue weighted by Crippen LogP contribution is -2.03. The molecule has 1 nitrogen and oxygen atoms in total. The molecule has 0 saturated heterocycles. The summed E-state index contributed by atoms with van der Waals surface area (Å²) in [6.07, 6.45) is 0.660. The van der Waals surface area contributed by atoms with Crippen LogP contribution >= 0.6 is 23.8 Å². The van der Waals surface area contributed by atoms with E-state index < -0.39 is 0 Å². The van der Waals surface area contributed by atoms with E-state index in [4.69, 9.17) is 28.6 Å². The first-order chi connectivity index (χ1) is 3.66. The Labute approximate surface area is 60.0 Å². The predicted octanol–water partition coefficient (Wildman–Crippen LogP) is 1.98. The number of thiocarbonyl (C=S) groups is 1. The van der Waals surface area contributed by atoms with Crippen LogP contribution in [-0.4, -0.2) is 17.5 Å². The number of rotatable bonds is 2. The Kier molecular flexibility index (Phi) is 4.19. The van der Waals surface area contributed by atoms with Crippen molar-refractivity contribution in [2.75, 3.05) is 7.11 Å². The van der Waals surface area contributed by atoms with Gasteiger partial charge in [0.05, 0.1) is 7.11 Å². The molecule has 0 aromatic heterocycles. The zero-order valence-corrected chi connectivity index (χ0v) is 6.55. The smallest absolute Gasteiger partial charge is 0.160 e. The largest absolute Gasteiger partial charge is 0.490 e. The van der Waals surface area contributed by atoms with Crippen LogP contribution in [-0.2, 0) is 4.74 Å². The van der Waals surface area contributed by atoms with Crippen molar-refractivity contribution in [1.29, 1.82) is 0 Å². The van der Waals surface area contributed by atoms with Crippen LogP contribution in [0, 0.1) is 0 Å². The summed E-state index contributed by atoms with van der Waals surface area (Å²) >= 11 is 10.3. The molecule has 1 unspecified atom stereocenters. The molecule has 0 amide bonds. The molecule has 0 radical (unpaired) electrons. The monoisotopic (exact) mass is 152 g/mol. The summed E-state index contributed by atoms with van der Waals surface area (Å²) in [5.41, 5.74) is 0. The molecule has 0 aliphatic carbocycles. The number of hydrogen-bond acceptors (Lipinski definition) is 2. The van der Waals surface area contributed by atoms with Crippen LogP contribution in [0.4, 0.5) is 0 Å². The second-order valence-electron chi connectivity index (χ2n) is 1.56. The molecular formula is C5H9ClOS. The third-order valence-electron chi connectivity index (χ3n) is 0.676. The van der Waals surface area contributed by atoms with Gasteiger partial charge in [-0.05, 0) is 19.1 Å². The van der Waals surface area contributed by atoms with E-state index in [1.165, 1.54) is 0 Å².